The number of benzene rings is 1. The molecule has 5 heteroatoms. The van der Waals surface area contributed by atoms with E-state index in [4.69, 9.17) is 10.5 Å². The number of amides is 1. The molecule has 1 saturated heterocycles. The van der Waals surface area contributed by atoms with Crippen molar-refractivity contribution in [1.82, 2.24) is 4.90 Å². The summed E-state index contributed by atoms with van der Waals surface area (Å²) in [4.78, 5) is 15.9. The van der Waals surface area contributed by atoms with E-state index in [1.807, 2.05) is 23.1 Å². The smallest absolute Gasteiger partial charge is 0.248 e. The summed E-state index contributed by atoms with van der Waals surface area (Å²) in [5, 5.41) is 0. The van der Waals surface area contributed by atoms with Crippen LogP contribution in [0.1, 0.15) is 5.56 Å². The Bertz CT molecular complexity index is 454. The zero-order valence-corrected chi connectivity index (χ0v) is 11.6. The molecule has 0 bridgehead atoms. The Morgan fingerprint density at radius 3 is 2.63 bits per heavy atom. The van der Waals surface area contributed by atoms with E-state index < -0.39 is 0 Å². The Labute approximate surface area is 113 Å². The first-order chi connectivity index (χ1) is 9.11. The number of hydrogen-bond donors (Lipinski definition) is 1. The highest BCUT2D eigenvalue weighted by atomic mass is 16.5. The van der Waals surface area contributed by atoms with Crippen LogP contribution in [0.2, 0.25) is 0 Å². The van der Waals surface area contributed by atoms with Gasteiger partial charge in [0.2, 0.25) is 5.91 Å². The van der Waals surface area contributed by atoms with Gasteiger partial charge in [0.25, 0.3) is 0 Å². The molecule has 1 amide bonds. The Balaban J connectivity index is 2.00. The van der Waals surface area contributed by atoms with Crippen molar-refractivity contribution in [3.8, 4) is 0 Å². The molecule has 1 aromatic rings. The monoisotopic (exact) mass is 263 g/mol. The van der Waals surface area contributed by atoms with Crippen LogP contribution >= 0.6 is 0 Å². The summed E-state index contributed by atoms with van der Waals surface area (Å²) in [5.74, 6) is 0.0615. The number of carbonyl (C=O) groups is 1. The highest BCUT2D eigenvalue weighted by Crippen LogP contribution is 2.24. The van der Waals surface area contributed by atoms with Crippen LogP contribution in [-0.4, -0.2) is 50.7 Å². The second kappa shape index (κ2) is 5.93. The standard InChI is InChI=1S/C14H21N3O2/c1-11-3-4-12(15)9-13(11)16-5-7-17(8-6-16)14(18)10-19-2/h3-4,9H,5-8,10,15H2,1-2H3. The summed E-state index contributed by atoms with van der Waals surface area (Å²) in [6.07, 6.45) is 0. The number of hydrogen-bond acceptors (Lipinski definition) is 4. The van der Waals surface area contributed by atoms with Crippen molar-refractivity contribution in [3.05, 3.63) is 23.8 Å². The van der Waals surface area contributed by atoms with E-state index in [0.29, 0.717) is 0 Å². The number of anilines is 2. The van der Waals surface area contributed by atoms with E-state index in [1.165, 1.54) is 11.3 Å². The van der Waals surface area contributed by atoms with Gasteiger partial charge in [-0.15, -0.1) is 0 Å². The van der Waals surface area contributed by atoms with E-state index in [-0.39, 0.29) is 12.5 Å². The van der Waals surface area contributed by atoms with Crippen molar-refractivity contribution in [2.24, 2.45) is 0 Å². The van der Waals surface area contributed by atoms with Crippen LogP contribution in [-0.2, 0) is 9.53 Å². The number of methoxy groups -OCH3 is 1. The summed E-state index contributed by atoms with van der Waals surface area (Å²) >= 11 is 0. The molecule has 1 heterocycles. The van der Waals surface area contributed by atoms with Crippen molar-refractivity contribution < 1.29 is 9.53 Å². The van der Waals surface area contributed by atoms with Gasteiger partial charge < -0.3 is 20.3 Å². The van der Waals surface area contributed by atoms with Gasteiger partial charge in [0.05, 0.1) is 0 Å². The molecule has 0 atom stereocenters. The molecule has 1 aliphatic rings. The van der Waals surface area contributed by atoms with E-state index >= 15 is 0 Å². The zero-order valence-electron chi connectivity index (χ0n) is 11.6. The van der Waals surface area contributed by atoms with E-state index in [0.717, 1.165) is 31.9 Å². The average Bonchev–Trinajstić information content (AvgIpc) is 2.42. The van der Waals surface area contributed by atoms with Crippen LogP contribution < -0.4 is 10.6 Å². The Morgan fingerprint density at radius 2 is 2.00 bits per heavy atom. The van der Waals surface area contributed by atoms with Gasteiger partial charge >= 0.3 is 0 Å². The first kappa shape index (κ1) is 13.7. The maximum Gasteiger partial charge on any atom is 0.248 e. The van der Waals surface area contributed by atoms with Gasteiger partial charge in [-0.25, -0.2) is 0 Å². The highest BCUT2D eigenvalue weighted by molar-refractivity contribution is 5.77. The minimum Gasteiger partial charge on any atom is -0.399 e. The van der Waals surface area contributed by atoms with Gasteiger partial charge in [0.15, 0.2) is 0 Å². The lowest BCUT2D eigenvalue weighted by atomic mass is 10.1. The maximum absolute atomic E-state index is 11.7. The fourth-order valence-corrected chi connectivity index (χ4v) is 2.38. The zero-order chi connectivity index (χ0) is 13.8. The fourth-order valence-electron chi connectivity index (χ4n) is 2.38. The van der Waals surface area contributed by atoms with Gasteiger partial charge in [-0.1, -0.05) is 6.07 Å². The number of carbonyl (C=O) groups excluding carboxylic acids is 1. The molecule has 2 rings (SSSR count). The molecule has 2 N–H and O–H groups in total. The summed E-state index contributed by atoms with van der Waals surface area (Å²) in [6, 6.07) is 5.95. The van der Waals surface area contributed by atoms with Gasteiger partial charge in [-0.3, -0.25) is 4.79 Å². The molecule has 5 nitrogen and oxygen atoms in total. The van der Waals surface area contributed by atoms with Crippen LogP contribution in [0.15, 0.2) is 18.2 Å². The van der Waals surface area contributed by atoms with Crippen LogP contribution in [0.4, 0.5) is 11.4 Å². The normalized spacial score (nSPS) is 15.7. The Hall–Kier alpha value is -1.75. The van der Waals surface area contributed by atoms with Gasteiger partial charge in [0, 0.05) is 44.7 Å². The lowest BCUT2D eigenvalue weighted by Crippen LogP contribution is -2.49. The number of rotatable bonds is 3. The van der Waals surface area contributed by atoms with Crippen LogP contribution in [0.3, 0.4) is 0 Å². The Morgan fingerprint density at radius 1 is 1.32 bits per heavy atom. The molecule has 0 radical (unpaired) electrons. The summed E-state index contributed by atoms with van der Waals surface area (Å²) < 4.78 is 4.88. The topological polar surface area (TPSA) is 58.8 Å². The van der Waals surface area contributed by atoms with Crippen molar-refractivity contribution in [1.29, 1.82) is 0 Å². The molecule has 0 unspecified atom stereocenters. The third kappa shape index (κ3) is 3.17. The number of nitrogens with two attached hydrogens (primary N) is 1. The predicted octanol–water partition coefficient (Wildman–Crippen LogP) is 0.872. The molecule has 0 saturated carbocycles. The largest absolute Gasteiger partial charge is 0.399 e. The molecule has 1 aromatic carbocycles. The van der Waals surface area contributed by atoms with Crippen LogP contribution in [0.25, 0.3) is 0 Å². The van der Waals surface area contributed by atoms with Crippen molar-refractivity contribution in [2.45, 2.75) is 6.92 Å². The molecule has 0 aliphatic carbocycles. The number of ether oxygens (including phenoxy) is 1. The first-order valence-electron chi connectivity index (χ1n) is 6.49. The summed E-state index contributed by atoms with van der Waals surface area (Å²) in [7, 11) is 1.55. The number of aryl methyl sites for hydroxylation is 1. The van der Waals surface area contributed by atoms with Crippen LogP contribution in [0.5, 0.6) is 0 Å². The van der Waals surface area contributed by atoms with Gasteiger partial charge in [0.1, 0.15) is 6.61 Å². The van der Waals surface area contributed by atoms with E-state index in [1.54, 1.807) is 7.11 Å². The van der Waals surface area contributed by atoms with E-state index in [9.17, 15) is 4.79 Å². The summed E-state index contributed by atoms with van der Waals surface area (Å²) in [5.41, 5.74) is 9.00. The molecule has 1 fully saturated rings. The molecular weight excluding hydrogens is 242 g/mol. The molecule has 19 heavy (non-hydrogen) atoms. The van der Waals surface area contributed by atoms with E-state index in [2.05, 4.69) is 11.8 Å². The first-order valence-corrected chi connectivity index (χ1v) is 6.49. The number of nitrogens with zero attached hydrogens (tertiary/aromatic N) is 2. The Kier molecular flexibility index (Phi) is 4.27. The van der Waals surface area contributed by atoms with Gasteiger partial charge in [-0.05, 0) is 24.6 Å². The van der Waals surface area contributed by atoms with Crippen molar-refractivity contribution in [3.63, 3.8) is 0 Å². The lowest BCUT2D eigenvalue weighted by molar-refractivity contribution is -0.135. The fraction of sp³-hybridized carbons (Fsp3) is 0.500. The highest BCUT2D eigenvalue weighted by Gasteiger charge is 2.21. The molecule has 0 spiro atoms. The lowest BCUT2D eigenvalue weighted by Gasteiger charge is -2.36. The molecule has 1 aliphatic heterocycles. The third-order valence-corrected chi connectivity index (χ3v) is 3.47. The SMILES string of the molecule is COCC(=O)N1CCN(c2cc(N)ccc2C)CC1. The van der Waals surface area contributed by atoms with Crippen molar-refractivity contribution in [2.75, 3.05) is 50.5 Å². The molecule has 0 aromatic heterocycles. The predicted molar refractivity (Wildman–Crippen MR) is 76.3 cm³/mol. The average molecular weight is 263 g/mol. The minimum atomic E-state index is 0.0615. The maximum atomic E-state index is 11.7. The van der Waals surface area contributed by atoms with Crippen LogP contribution in [0, 0.1) is 6.92 Å². The number of piperazine rings is 1. The third-order valence-electron chi connectivity index (χ3n) is 3.47. The molecule has 104 valence electrons. The molecular formula is C14H21N3O2. The van der Waals surface area contributed by atoms with Crippen molar-refractivity contribution >= 4 is 17.3 Å². The number of nitrogen functional groups attached to an aromatic ring is 1. The minimum absolute atomic E-state index is 0.0615. The second-order valence-electron chi connectivity index (χ2n) is 4.85. The second-order valence-corrected chi connectivity index (χ2v) is 4.85. The van der Waals surface area contributed by atoms with Gasteiger partial charge in [-0.2, -0.15) is 0 Å². The summed E-state index contributed by atoms with van der Waals surface area (Å²) in [6.45, 7) is 5.38. The quantitative estimate of drug-likeness (QED) is 0.822.